The van der Waals surface area contributed by atoms with Gasteiger partial charge in [-0.1, -0.05) is 17.7 Å². The Hall–Kier alpha value is -3.88. The van der Waals surface area contributed by atoms with E-state index in [1.165, 1.54) is 12.1 Å². The first-order chi connectivity index (χ1) is 17.3. The summed E-state index contributed by atoms with van der Waals surface area (Å²) in [5, 5.41) is 13.8. The Kier molecular flexibility index (Phi) is 6.38. The number of pyridine rings is 1. The second-order valence-electron chi connectivity index (χ2n) is 8.61. The molecule has 36 heavy (non-hydrogen) atoms. The average Bonchev–Trinajstić information content (AvgIpc) is 3.49. The zero-order valence-electron chi connectivity index (χ0n) is 19.6. The predicted molar refractivity (Wildman–Crippen MR) is 145 cm³/mol. The highest BCUT2D eigenvalue weighted by Gasteiger charge is 2.42. The molecule has 1 aliphatic heterocycles. The van der Waals surface area contributed by atoms with Crippen molar-refractivity contribution in [1.82, 2.24) is 10.3 Å². The minimum atomic E-state index is -1.03. The maximum Gasteiger partial charge on any atom is 0.335 e. The van der Waals surface area contributed by atoms with Crippen LogP contribution in [0.5, 0.6) is 0 Å². The maximum atomic E-state index is 11.5. The van der Waals surface area contributed by atoms with Crippen molar-refractivity contribution >= 4 is 46.3 Å². The van der Waals surface area contributed by atoms with Crippen molar-refractivity contribution in [3.05, 3.63) is 101 Å². The Labute approximate surface area is 218 Å². The van der Waals surface area contributed by atoms with Crippen molar-refractivity contribution in [2.24, 2.45) is 0 Å². The summed E-state index contributed by atoms with van der Waals surface area (Å²) in [5.41, 5.74) is 3.44. The van der Waals surface area contributed by atoms with Gasteiger partial charge in [0.1, 0.15) is 17.6 Å². The highest BCUT2D eigenvalue weighted by Crippen LogP contribution is 2.43. The number of aromatic nitrogens is 1. The van der Waals surface area contributed by atoms with Crippen LogP contribution in [0.3, 0.4) is 0 Å². The molecule has 0 amide bonds. The lowest BCUT2D eigenvalue weighted by Gasteiger charge is -2.26. The summed E-state index contributed by atoms with van der Waals surface area (Å²) < 4.78 is 6.33. The molecule has 2 atom stereocenters. The van der Waals surface area contributed by atoms with Gasteiger partial charge >= 0.3 is 5.97 Å². The van der Waals surface area contributed by atoms with Gasteiger partial charge in [-0.2, -0.15) is 0 Å². The third-order valence-corrected chi connectivity index (χ3v) is 6.78. The number of benzene rings is 2. The summed E-state index contributed by atoms with van der Waals surface area (Å²) in [7, 11) is 3.98. The van der Waals surface area contributed by atoms with Gasteiger partial charge in [0.05, 0.1) is 22.3 Å². The van der Waals surface area contributed by atoms with Gasteiger partial charge < -0.3 is 24.6 Å². The van der Waals surface area contributed by atoms with Crippen LogP contribution in [-0.2, 0) is 0 Å². The van der Waals surface area contributed by atoms with Gasteiger partial charge in [-0.3, -0.25) is 4.98 Å². The Morgan fingerprint density at radius 2 is 1.89 bits per heavy atom. The fraction of sp³-hybridized carbons (Fsp3) is 0.148. The summed E-state index contributed by atoms with van der Waals surface area (Å²) in [6, 6.07) is 21.5. The number of thiocarbonyl (C=S) groups is 1. The molecule has 1 aliphatic rings. The first kappa shape index (κ1) is 23.8. The number of carbonyl (C=O) groups is 1. The molecule has 1 saturated heterocycles. The standard InChI is InChI=1S/C27H23ClN4O3S/c1-31(2)17-7-9-18(10-8-17)32-25(24(30-27(32)36)21-5-3-4-14-29-21)23-13-12-22(35-23)19-15-16(26(33)34)6-11-20(19)28/h3-15,24-25H,1-2H3,(H,30,36)(H,33,34)/t24-,25+/m1/s1. The van der Waals surface area contributed by atoms with Gasteiger partial charge in [0, 0.05) is 37.2 Å². The van der Waals surface area contributed by atoms with Crippen LogP contribution in [0.15, 0.2) is 83.4 Å². The number of carboxylic acids is 1. The zero-order valence-corrected chi connectivity index (χ0v) is 21.1. The fourth-order valence-corrected chi connectivity index (χ4v) is 4.89. The molecule has 0 radical (unpaired) electrons. The molecular formula is C27H23ClN4O3S. The van der Waals surface area contributed by atoms with Crippen molar-refractivity contribution in [1.29, 1.82) is 0 Å². The Balaban J connectivity index is 1.59. The van der Waals surface area contributed by atoms with Gasteiger partial charge in [0.15, 0.2) is 5.11 Å². The molecule has 2 aromatic heterocycles. The molecule has 182 valence electrons. The lowest BCUT2D eigenvalue weighted by atomic mass is 10.0. The number of nitrogens with one attached hydrogen (secondary N) is 1. The van der Waals surface area contributed by atoms with E-state index < -0.39 is 5.97 Å². The highest BCUT2D eigenvalue weighted by atomic mass is 35.5. The number of furan rings is 1. The van der Waals surface area contributed by atoms with Crippen LogP contribution in [-0.4, -0.2) is 35.3 Å². The van der Waals surface area contributed by atoms with E-state index in [1.54, 1.807) is 18.3 Å². The van der Waals surface area contributed by atoms with Crippen molar-refractivity contribution in [2.45, 2.75) is 12.1 Å². The van der Waals surface area contributed by atoms with E-state index in [4.69, 9.17) is 28.2 Å². The zero-order chi connectivity index (χ0) is 25.4. The van der Waals surface area contributed by atoms with Crippen LogP contribution < -0.4 is 15.1 Å². The van der Waals surface area contributed by atoms with Crippen LogP contribution in [0.2, 0.25) is 5.02 Å². The molecule has 9 heteroatoms. The largest absolute Gasteiger partial charge is 0.478 e. The van der Waals surface area contributed by atoms with Crippen molar-refractivity contribution in [2.75, 3.05) is 23.9 Å². The molecule has 0 saturated carbocycles. The topological polar surface area (TPSA) is 81.8 Å². The number of hydrogen-bond donors (Lipinski definition) is 2. The number of rotatable bonds is 6. The first-order valence-electron chi connectivity index (χ1n) is 11.2. The molecule has 0 aliphatic carbocycles. The summed E-state index contributed by atoms with van der Waals surface area (Å²) >= 11 is 12.2. The molecule has 0 bridgehead atoms. The van der Waals surface area contributed by atoms with E-state index in [0.29, 0.717) is 27.2 Å². The molecular weight excluding hydrogens is 496 g/mol. The Morgan fingerprint density at radius 1 is 1.11 bits per heavy atom. The number of halogens is 1. The van der Waals surface area contributed by atoms with Crippen LogP contribution in [0.4, 0.5) is 11.4 Å². The van der Waals surface area contributed by atoms with Gasteiger partial charge in [-0.05, 0) is 78.9 Å². The van der Waals surface area contributed by atoms with Crippen LogP contribution in [0.25, 0.3) is 11.3 Å². The monoisotopic (exact) mass is 518 g/mol. The summed E-state index contributed by atoms with van der Waals surface area (Å²) in [4.78, 5) is 20.1. The van der Waals surface area contributed by atoms with Crippen LogP contribution in [0, 0.1) is 0 Å². The number of aromatic carboxylic acids is 1. The van der Waals surface area contributed by atoms with Gasteiger partial charge in [-0.15, -0.1) is 0 Å². The van der Waals surface area contributed by atoms with E-state index in [2.05, 4.69) is 10.3 Å². The molecule has 3 heterocycles. The number of carboxylic acid groups (broad SMARTS) is 1. The summed E-state index contributed by atoms with van der Waals surface area (Å²) in [5.74, 6) is 0.0766. The third kappa shape index (κ3) is 4.41. The molecule has 5 rings (SSSR count). The number of nitrogens with zero attached hydrogens (tertiary/aromatic N) is 3. The van der Waals surface area contributed by atoms with Gasteiger partial charge in [0.2, 0.25) is 0 Å². The smallest absolute Gasteiger partial charge is 0.335 e. The minimum Gasteiger partial charge on any atom is -0.478 e. The molecule has 0 unspecified atom stereocenters. The maximum absolute atomic E-state index is 11.5. The summed E-state index contributed by atoms with van der Waals surface area (Å²) in [6.45, 7) is 0. The normalized spacial score (nSPS) is 17.2. The highest BCUT2D eigenvalue weighted by molar-refractivity contribution is 7.80. The second-order valence-corrected chi connectivity index (χ2v) is 9.40. The van der Waals surface area contributed by atoms with Crippen LogP contribution in [0.1, 0.15) is 33.9 Å². The predicted octanol–water partition coefficient (Wildman–Crippen LogP) is 5.94. The Bertz CT molecular complexity index is 1420. The van der Waals surface area contributed by atoms with E-state index in [9.17, 15) is 9.90 Å². The first-order valence-corrected chi connectivity index (χ1v) is 12.0. The molecule has 1 fully saturated rings. The van der Waals surface area contributed by atoms with Crippen molar-refractivity contribution in [3.63, 3.8) is 0 Å². The minimum absolute atomic E-state index is 0.130. The molecule has 0 spiro atoms. The SMILES string of the molecule is CN(C)c1ccc(N2C(=S)N[C@H](c3ccccn3)[C@@H]2c2ccc(-c3cc(C(=O)O)ccc3Cl)o2)cc1. The van der Waals surface area contributed by atoms with Gasteiger partial charge in [-0.25, -0.2) is 4.79 Å². The van der Waals surface area contributed by atoms with E-state index in [-0.39, 0.29) is 17.6 Å². The quantitative estimate of drug-likeness (QED) is 0.304. The fourth-order valence-electron chi connectivity index (χ4n) is 4.34. The lowest BCUT2D eigenvalue weighted by molar-refractivity contribution is 0.0697. The van der Waals surface area contributed by atoms with E-state index >= 15 is 0 Å². The second kappa shape index (κ2) is 9.64. The lowest BCUT2D eigenvalue weighted by Crippen LogP contribution is -2.29. The summed E-state index contributed by atoms with van der Waals surface area (Å²) in [6.07, 6.45) is 1.75. The van der Waals surface area contributed by atoms with Gasteiger partial charge in [0.25, 0.3) is 0 Å². The number of anilines is 2. The van der Waals surface area contributed by atoms with E-state index in [0.717, 1.165) is 17.1 Å². The Morgan fingerprint density at radius 3 is 2.56 bits per heavy atom. The molecule has 7 nitrogen and oxygen atoms in total. The molecule has 4 aromatic rings. The van der Waals surface area contributed by atoms with E-state index in [1.807, 2.05) is 72.4 Å². The van der Waals surface area contributed by atoms with Crippen LogP contribution >= 0.6 is 23.8 Å². The van der Waals surface area contributed by atoms with Crippen molar-refractivity contribution < 1.29 is 14.3 Å². The molecule has 2 N–H and O–H groups in total. The van der Waals surface area contributed by atoms with Crippen molar-refractivity contribution in [3.8, 4) is 11.3 Å². The molecule has 2 aromatic carbocycles. The average molecular weight is 519 g/mol. The third-order valence-electron chi connectivity index (χ3n) is 6.14. The number of hydrogen-bond acceptors (Lipinski definition) is 5.